The van der Waals surface area contributed by atoms with Crippen LogP contribution in [0, 0.1) is 6.92 Å². The SMILES string of the molecule is Cc1ccc(C(=O)NC(C(=O)Nc2ccc(C(=O)NO)cc2)c2ccccc2)cc1. The number of carbonyl (C=O) groups excluding carboxylic acids is 3. The zero-order valence-corrected chi connectivity index (χ0v) is 16.3. The highest BCUT2D eigenvalue weighted by Gasteiger charge is 2.23. The molecule has 0 aromatic heterocycles. The highest BCUT2D eigenvalue weighted by atomic mass is 16.5. The van der Waals surface area contributed by atoms with Crippen molar-refractivity contribution in [3.63, 3.8) is 0 Å². The molecule has 30 heavy (non-hydrogen) atoms. The van der Waals surface area contributed by atoms with E-state index in [0.29, 0.717) is 16.8 Å². The van der Waals surface area contributed by atoms with Crippen molar-refractivity contribution in [3.05, 3.63) is 101 Å². The van der Waals surface area contributed by atoms with Crippen LogP contribution >= 0.6 is 0 Å². The maximum absolute atomic E-state index is 13.0. The summed E-state index contributed by atoms with van der Waals surface area (Å²) in [7, 11) is 0. The Bertz CT molecular complexity index is 1030. The Morgan fingerprint density at radius 1 is 0.767 bits per heavy atom. The fraction of sp³-hybridized carbons (Fsp3) is 0.0870. The van der Waals surface area contributed by atoms with Crippen molar-refractivity contribution in [2.45, 2.75) is 13.0 Å². The molecule has 152 valence electrons. The van der Waals surface area contributed by atoms with E-state index >= 15 is 0 Å². The van der Waals surface area contributed by atoms with Crippen LogP contribution in [0.5, 0.6) is 0 Å². The van der Waals surface area contributed by atoms with Gasteiger partial charge in [0.2, 0.25) is 0 Å². The van der Waals surface area contributed by atoms with E-state index in [1.165, 1.54) is 24.3 Å². The zero-order chi connectivity index (χ0) is 21.5. The molecule has 3 amide bonds. The number of aryl methyl sites for hydroxylation is 1. The van der Waals surface area contributed by atoms with Crippen LogP contribution in [-0.2, 0) is 4.79 Å². The summed E-state index contributed by atoms with van der Waals surface area (Å²) < 4.78 is 0. The van der Waals surface area contributed by atoms with Crippen molar-refractivity contribution < 1.29 is 19.6 Å². The van der Waals surface area contributed by atoms with Crippen molar-refractivity contribution in [3.8, 4) is 0 Å². The van der Waals surface area contributed by atoms with Crippen molar-refractivity contribution in [1.82, 2.24) is 10.8 Å². The summed E-state index contributed by atoms with van der Waals surface area (Å²) in [6.07, 6.45) is 0. The predicted molar refractivity (Wildman–Crippen MR) is 112 cm³/mol. The minimum Gasteiger partial charge on any atom is -0.336 e. The van der Waals surface area contributed by atoms with Gasteiger partial charge in [0.15, 0.2) is 0 Å². The zero-order valence-electron chi connectivity index (χ0n) is 16.3. The van der Waals surface area contributed by atoms with Gasteiger partial charge >= 0.3 is 0 Å². The summed E-state index contributed by atoms with van der Waals surface area (Å²) in [5.74, 6) is -1.45. The van der Waals surface area contributed by atoms with Crippen molar-refractivity contribution >= 4 is 23.4 Å². The third-order valence-electron chi connectivity index (χ3n) is 4.50. The maximum atomic E-state index is 13.0. The summed E-state index contributed by atoms with van der Waals surface area (Å²) in [5, 5.41) is 14.2. The topological polar surface area (TPSA) is 108 Å². The molecule has 0 saturated heterocycles. The number of hydroxylamine groups is 1. The molecular weight excluding hydrogens is 382 g/mol. The minimum atomic E-state index is -0.916. The Kier molecular flexibility index (Phi) is 6.56. The lowest BCUT2D eigenvalue weighted by atomic mass is 10.0. The first-order chi connectivity index (χ1) is 14.5. The molecule has 3 aromatic rings. The van der Waals surface area contributed by atoms with Gasteiger partial charge in [-0.1, -0.05) is 48.0 Å². The van der Waals surface area contributed by atoms with E-state index in [1.807, 2.05) is 25.1 Å². The molecule has 3 rings (SSSR count). The maximum Gasteiger partial charge on any atom is 0.274 e. The van der Waals surface area contributed by atoms with E-state index in [9.17, 15) is 14.4 Å². The Labute approximate surface area is 173 Å². The fourth-order valence-electron chi connectivity index (χ4n) is 2.85. The highest BCUT2D eigenvalue weighted by molar-refractivity contribution is 6.02. The van der Waals surface area contributed by atoms with Crippen LogP contribution in [0.2, 0.25) is 0 Å². The first kappa shape index (κ1) is 20.8. The van der Waals surface area contributed by atoms with Crippen LogP contribution in [0.1, 0.15) is 37.9 Å². The molecule has 7 heteroatoms. The van der Waals surface area contributed by atoms with E-state index in [0.717, 1.165) is 5.56 Å². The van der Waals surface area contributed by atoms with Crippen LogP contribution in [-0.4, -0.2) is 22.9 Å². The second-order valence-electron chi connectivity index (χ2n) is 6.69. The van der Waals surface area contributed by atoms with Crippen LogP contribution in [0.4, 0.5) is 5.69 Å². The molecule has 0 heterocycles. The quantitative estimate of drug-likeness (QED) is 0.374. The molecule has 3 aromatic carbocycles. The summed E-state index contributed by atoms with van der Waals surface area (Å²) in [6, 6.07) is 21.1. The minimum absolute atomic E-state index is 0.239. The summed E-state index contributed by atoms with van der Waals surface area (Å²) in [6.45, 7) is 1.93. The van der Waals surface area contributed by atoms with Gasteiger partial charge in [-0.2, -0.15) is 0 Å². The molecule has 0 aliphatic rings. The average Bonchev–Trinajstić information content (AvgIpc) is 2.78. The molecule has 4 N–H and O–H groups in total. The lowest BCUT2D eigenvalue weighted by Gasteiger charge is -2.19. The summed E-state index contributed by atoms with van der Waals surface area (Å²) in [5.41, 5.74) is 4.34. The third kappa shape index (κ3) is 5.09. The molecule has 0 fully saturated rings. The van der Waals surface area contributed by atoms with Gasteiger partial charge in [0.1, 0.15) is 6.04 Å². The monoisotopic (exact) mass is 403 g/mol. The molecule has 1 unspecified atom stereocenters. The lowest BCUT2D eigenvalue weighted by molar-refractivity contribution is -0.118. The van der Waals surface area contributed by atoms with Gasteiger partial charge < -0.3 is 10.6 Å². The molecule has 0 bridgehead atoms. The first-order valence-corrected chi connectivity index (χ1v) is 9.26. The molecule has 0 aliphatic heterocycles. The third-order valence-corrected chi connectivity index (χ3v) is 4.50. The highest BCUT2D eigenvalue weighted by Crippen LogP contribution is 2.18. The standard InChI is InChI=1S/C23H21N3O4/c1-15-7-9-17(10-8-15)21(27)25-20(16-5-3-2-4-6-16)23(29)24-19-13-11-18(12-14-19)22(28)26-30/h2-14,20,30H,1H3,(H,24,29)(H,25,27)(H,26,28). The normalized spacial score (nSPS) is 11.3. The number of anilines is 1. The lowest BCUT2D eigenvalue weighted by Crippen LogP contribution is -2.37. The Morgan fingerprint density at radius 2 is 1.33 bits per heavy atom. The smallest absolute Gasteiger partial charge is 0.274 e. The fourth-order valence-corrected chi connectivity index (χ4v) is 2.85. The molecule has 7 nitrogen and oxygen atoms in total. The van der Waals surface area contributed by atoms with Gasteiger partial charge in [0.25, 0.3) is 17.7 Å². The van der Waals surface area contributed by atoms with E-state index in [4.69, 9.17) is 5.21 Å². The van der Waals surface area contributed by atoms with Gasteiger partial charge in [0, 0.05) is 16.8 Å². The van der Waals surface area contributed by atoms with Gasteiger partial charge in [-0.15, -0.1) is 0 Å². The predicted octanol–water partition coefficient (Wildman–Crippen LogP) is 3.22. The Hall–Kier alpha value is -3.97. The van der Waals surface area contributed by atoms with Crippen molar-refractivity contribution in [1.29, 1.82) is 0 Å². The summed E-state index contributed by atoms with van der Waals surface area (Å²) in [4.78, 5) is 37.1. The van der Waals surface area contributed by atoms with E-state index in [1.54, 1.807) is 41.9 Å². The number of amides is 3. The number of hydrogen-bond acceptors (Lipinski definition) is 4. The van der Waals surface area contributed by atoms with Crippen molar-refractivity contribution in [2.24, 2.45) is 0 Å². The van der Waals surface area contributed by atoms with Crippen LogP contribution in [0.25, 0.3) is 0 Å². The second-order valence-corrected chi connectivity index (χ2v) is 6.69. The Balaban J connectivity index is 1.79. The van der Waals surface area contributed by atoms with Gasteiger partial charge in [-0.05, 0) is 48.9 Å². The van der Waals surface area contributed by atoms with E-state index in [-0.39, 0.29) is 11.5 Å². The second kappa shape index (κ2) is 9.49. The number of hydrogen-bond donors (Lipinski definition) is 4. The van der Waals surface area contributed by atoms with Gasteiger partial charge in [-0.3, -0.25) is 19.6 Å². The largest absolute Gasteiger partial charge is 0.336 e. The number of rotatable bonds is 6. The Morgan fingerprint density at radius 3 is 1.93 bits per heavy atom. The van der Waals surface area contributed by atoms with E-state index in [2.05, 4.69) is 10.6 Å². The molecule has 0 aliphatic carbocycles. The van der Waals surface area contributed by atoms with Crippen molar-refractivity contribution in [2.75, 3.05) is 5.32 Å². The molecule has 1 atom stereocenters. The number of benzene rings is 3. The molecule has 0 radical (unpaired) electrons. The van der Waals surface area contributed by atoms with Crippen LogP contribution in [0.3, 0.4) is 0 Å². The van der Waals surface area contributed by atoms with E-state index < -0.39 is 17.9 Å². The number of nitrogens with one attached hydrogen (secondary N) is 3. The summed E-state index contributed by atoms with van der Waals surface area (Å²) >= 11 is 0. The molecule has 0 spiro atoms. The first-order valence-electron chi connectivity index (χ1n) is 9.26. The average molecular weight is 403 g/mol. The van der Waals surface area contributed by atoms with Gasteiger partial charge in [0.05, 0.1) is 0 Å². The van der Waals surface area contributed by atoms with Gasteiger partial charge in [-0.25, -0.2) is 5.48 Å². The molecular formula is C23H21N3O4. The number of carbonyl (C=O) groups is 3. The van der Waals surface area contributed by atoms with Crippen LogP contribution in [0.15, 0.2) is 78.9 Å². The van der Waals surface area contributed by atoms with Crippen LogP contribution < -0.4 is 16.1 Å². The molecule has 0 saturated carbocycles.